The van der Waals surface area contributed by atoms with Gasteiger partial charge in [-0.15, -0.1) is 0 Å². The van der Waals surface area contributed by atoms with Crippen molar-refractivity contribution in [3.8, 4) is 17.2 Å². The number of nitrogens with one attached hydrogen (secondary N) is 2. The minimum atomic E-state index is -1.20. The van der Waals surface area contributed by atoms with Gasteiger partial charge in [0, 0.05) is 6.54 Å². The van der Waals surface area contributed by atoms with Crippen LogP contribution in [0.5, 0.6) is 17.2 Å². The number of imide groups is 1. The summed E-state index contributed by atoms with van der Waals surface area (Å²) in [4.78, 5) is 39.4. The molecule has 0 spiro atoms. The SMILES string of the molecule is COc1cc(CNC(=O)CN2C(=O)NC(C)(c3ccc4c(c3)CCC4)C2=O)cc(OC)c1OC. The van der Waals surface area contributed by atoms with Crippen molar-refractivity contribution in [2.24, 2.45) is 0 Å². The van der Waals surface area contributed by atoms with Crippen molar-refractivity contribution < 1.29 is 28.6 Å². The standard InChI is InChI=1S/C25H29N3O6/c1-25(18-9-8-16-6-5-7-17(16)12-18)23(30)28(24(31)27-25)14-21(29)26-13-15-10-19(32-2)22(34-4)20(11-15)33-3/h8-12H,5-7,13-14H2,1-4H3,(H,26,29)(H,27,31). The van der Waals surface area contributed by atoms with Crippen molar-refractivity contribution in [1.82, 2.24) is 15.5 Å². The van der Waals surface area contributed by atoms with Crippen LogP contribution in [0.15, 0.2) is 30.3 Å². The Hall–Kier alpha value is -3.75. The van der Waals surface area contributed by atoms with Gasteiger partial charge in [0.1, 0.15) is 12.1 Å². The van der Waals surface area contributed by atoms with Crippen LogP contribution < -0.4 is 24.8 Å². The molecule has 1 aliphatic carbocycles. The van der Waals surface area contributed by atoms with Crippen LogP contribution in [-0.2, 0) is 34.5 Å². The van der Waals surface area contributed by atoms with Crippen LogP contribution in [0, 0.1) is 0 Å². The molecule has 4 amide bonds. The van der Waals surface area contributed by atoms with Crippen molar-refractivity contribution >= 4 is 17.8 Å². The number of methoxy groups -OCH3 is 3. The molecule has 2 aliphatic rings. The number of ether oxygens (including phenoxy) is 3. The summed E-state index contributed by atoms with van der Waals surface area (Å²) in [5.41, 5.74) is 2.73. The fraction of sp³-hybridized carbons (Fsp3) is 0.400. The molecule has 2 aromatic carbocycles. The zero-order valence-corrected chi connectivity index (χ0v) is 19.8. The molecule has 2 aromatic rings. The first kappa shape index (κ1) is 23.4. The molecule has 0 saturated carbocycles. The van der Waals surface area contributed by atoms with Gasteiger partial charge in [-0.25, -0.2) is 4.79 Å². The van der Waals surface area contributed by atoms with Crippen molar-refractivity contribution in [2.45, 2.75) is 38.3 Å². The maximum absolute atomic E-state index is 13.2. The van der Waals surface area contributed by atoms with Crippen LogP contribution in [-0.4, -0.2) is 50.6 Å². The molecule has 9 heteroatoms. The second-order valence-corrected chi connectivity index (χ2v) is 8.59. The molecule has 1 atom stereocenters. The smallest absolute Gasteiger partial charge is 0.325 e. The van der Waals surface area contributed by atoms with Crippen molar-refractivity contribution in [1.29, 1.82) is 0 Å². The molecule has 9 nitrogen and oxygen atoms in total. The monoisotopic (exact) mass is 467 g/mol. The number of urea groups is 1. The Morgan fingerprint density at radius 1 is 1.03 bits per heavy atom. The number of benzene rings is 2. The highest BCUT2D eigenvalue weighted by atomic mass is 16.5. The van der Waals surface area contributed by atoms with Gasteiger partial charge in [0.2, 0.25) is 11.7 Å². The number of fused-ring (bicyclic) bond motifs is 1. The van der Waals surface area contributed by atoms with Crippen LogP contribution in [0.4, 0.5) is 4.79 Å². The number of hydrogen-bond donors (Lipinski definition) is 2. The third-order valence-electron chi connectivity index (χ3n) is 6.47. The third kappa shape index (κ3) is 4.13. The molecule has 1 aliphatic heterocycles. The molecule has 0 aromatic heterocycles. The lowest BCUT2D eigenvalue weighted by Gasteiger charge is -2.23. The third-order valence-corrected chi connectivity index (χ3v) is 6.47. The number of amides is 4. The van der Waals surface area contributed by atoms with Gasteiger partial charge in [0.05, 0.1) is 21.3 Å². The molecule has 2 N–H and O–H groups in total. The lowest BCUT2D eigenvalue weighted by molar-refractivity contribution is -0.134. The predicted octanol–water partition coefficient (Wildman–Crippen LogP) is 2.28. The van der Waals surface area contributed by atoms with Gasteiger partial charge in [-0.2, -0.15) is 0 Å². The number of carbonyl (C=O) groups excluding carboxylic acids is 3. The molecule has 180 valence electrons. The minimum absolute atomic E-state index is 0.154. The summed E-state index contributed by atoms with van der Waals surface area (Å²) in [6.07, 6.45) is 3.09. The van der Waals surface area contributed by atoms with E-state index in [1.807, 2.05) is 18.2 Å². The summed E-state index contributed by atoms with van der Waals surface area (Å²) in [5.74, 6) is 0.467. The quantitative estimate of drug-likeness (QED) is 0.577. The van der Waals surface area contributed by atoms with Gasteiger partial charge in [0.15, 0.2) is 11.5 Å². The Morgan fingerprint density at radius 3 is 2.35 bits per heavy atom. The number of rotatable bonds is 8. The Kier molecular flexibility index (Phi) is 6.37. The summed E-state index contributed by atoms with van der Waals surface area (Å²) in [7, 11) is 4.53. The molecular weight excluding hydrogens is 438 g/mol. The minimum Gasteiger partial charge on any atom is -0.493 e. The summed E-state index contributed by atoms with van der Waals surface area (Å²) in [6.45, 7) is 1.45. The highest BCUT2D eigenvalue weighted by Gasteiger charge is 2.49. The van der Waals surface area contributed by atoms with E-state index < -0.39 is 23.4 Å². The van der Waals surface area contributed by atoms with E-state index in [2.05, 4.69) is 10.6 Å². The molecule has 4 rings (SSSR count). The van der Waals surface area contributed by atoms with E-state index in [9.17, 15) is 14.4 Å². The van der Waals surface area contributed by atoms with Crippen LogP contribution in [0.2, 0.25) is 0 Å². The van der Waals surface area contributed by atoms with E-state index in [-0.39, 0.29) is 13.1 Å². The van der Waals surface area contributed by atoms with Crippen LogP contribution in [0.3, 0.4) is 0 Å². The zero-order chi connectivity index (χ0) is 24.5. The van der Waals surface area contributed by atoms with E-state index in [0.717, 1.165) is 29.7 Å². The summed E-state index contributed by atoms with van der Waals surface area (Å²) < 4.78 is 16.0. The van der Waals surface area contributed by atoms with Crippen molar-refractivity contribution in [3.63, 3.8) is 0 Å². The van der Waals surface area contributed by atoms with Gasteiger partial charge >= 0.3 is 6.03 Å². The van der Waals surface area contributed by atoms with Crippen molar-refractivity contribution in [3.05, 3.63) is 52.6 Å². The number of hydrogen-bond acceptors (Lipinski definition) is 6. The largest absolute Gasteiger partial charge is 0.493 e. The fourth-order valence-electron chi connectivity index (χ4n) is 4.56. The molecule has 1 fully saturated rings. The van der Waals surface area contributed by atoms with Crippen molar-refractivity contribution in [2.75, 3.05) is 27.9 Å². The molecule has 1 saturated heterocycles. The van der Waals surface area contributed by atoms with Gasteiger partial charge in [0.25, 0.3) is 5.91 Å². The van der Waals surface area contributed by atoms with Gasteiger partial charge in [-0.05, 0) is 60.6 Å². The number of nitrogens with zero attached hydrogens (tertiary/aromatic N) is 1. The van der Waals surface area contributed by atoms with E-state index in [1.54, 1.807) is 19.1 Å². The molecule has 34 heavy (non-hydrogen) atoms. The molecule has 1 unspecified atom stereocenters. The zero-order valence-electron chi connectivity index (χ0n) is 19.8. The lowest BCUT2D eigenvalue weighted by Crippen LogP contribution is -2.43. The average Bonchev–Trinajstić information content (AvgIpc) is 3.40. The number of carbonyl (C=O) groups is 3. The maximum atomic E-state index is 13.2. The van der Waals surface area contributed by atoms with Crippen LogP contribution >= 0.6 is 0 Å². The van der Waals surface area contributed by atoms with Gasteiger partial charge < -0.3 is 24.8 Å². The fourth-order valence-corrected chi connectivity index (χ4v) is 4.56. The molecule has 0 radical (unpaired) electrons. The Bertz CT molecular complexity index is 1120. The average molecular weight is 468 g/mol. The van der Waals surface area contributed by atoms with Crippen LogP contribution in [0.1, 0.15) is 35.6 Å². The normalized spacial score (nSPS) is 19.0. The molecular formula is C25H29N3O6. The predicted molar refractivity (Wildman–Crippen MR) is 124 cm³/mol. The second kappa shape index (κ2) is 9.24. The summed E-state index contributed by atoms with van der Waals surface area (Å²) >= 11 is 0. The first-order valence-electron chi connectivity index (χ1n) is 11.1. The lowest BCUT2D eigenvalue weighted by atomic mass is 9.89. The number of aryl methyl sites for hydroxylation is 2. The highest BCUT2D eigenvalue weighted by Crippen LogP contribution is 2.38. The maximum Gasteiger partial charge on any atom is 0.325 e. The first-order valence-corrected chi connectivity index (χ1v) is 11.1. The first-order chi connectivity index (χ1) is 16.3. The molecule has 1 heterocycles. The second-order valence-electron chi connectivity index (χ2n) is 8.59. The topological polar surface area (TPSA) is 106 Å². The highest BCUT2D eigenvalue weighted by molar-refractivity contribution is 6.09. The van der Waals surface area contributed by atoms with E-state index in [4.69, 9.17) is 14.2 Å². The Balaban J connectivity index is 1.44. The Labute approximate surface area is 198 Å². The van der Waals surface area contributed by atoms with Crippen LogP contribution in [0.25, 0.3) is 0 Å². The Morgan fingerprint density at radius 2 is 1.71 bits per heavy atom. The molecule has 0 bridgehead atoms. The van der Waals surface area contributed by atoms with E-state index >= 15 is 0 Å². The summed E-state index contributed by atoms with van der Waals surface area (Å²) in [5, 5.41) is 5.51. The summed E-state index contributed by atoms with van der Waals surface area (Å²) in [6, 6.07) is 8.76. The van der Waals surface area contributed by atoms with Gasteiger partial charge in [-0.3, -0.25) is 14.5 Å². The van der Waals surface area contributed by atoms with E-state index in [0.29, 0.717) is 22.8 Å². The van der Waals surface area contributed by atoms with E-state index in [1.165, 1.54) is 32.5 Å². The van der Waals surface area contributed by atoms with Gasteiger partial charge in [-0.1, -0.05) is 18.2 Å².